The van der Waals surface area contributed by atoms with Crippen molar-refractivity contribution in [3.63, 3.8) is 0 Å². The Hall–Kier alpha value is -3.58. The molecule has 5 nitrogen and oxygen atoms in total. The zero-order valence-electron chi connectivity index (χ0n) is 16.8. The number of aromatic nitrogens is 2. The van der Waals surface area contributed by atoms with E-state index in [0.29, 0.717) is 23.7 Å². The van der Waals surface area contributed by atoms with Crippen LogP contribution in [0.4, 0.5) is 9.52 Å². The number of amides is 1. The number of hydrogen-bond acceptors (Lipinski definition) is 4. The number of pyridine rings is 1. The first-order valence-corrected chi connectivity index (χ1v) is 10.6. The first kappa shape index (κ1) is 20.7. The highest BCUT2D eigenvalue weighted by Crippen LogP contribution is 2.26. The van der Waals surface area contributed by atoms with Crippen molar-refractivity contribution in [2.75, 3.05) is 5.32 Å². The molecule has 7 heteroatoms. The van der Waals surface area contributed by atoms with Crippen LogP contribution >= 0.6 is 11.3 Å². The summed E-state index contributed by atoms with van der Waals surface area (Å²) in [7, 11) is 0. The van der Waals surface area contributed by atoms with E-state index in [1.807, 2.05) is 37.3 Å². The molecule has 0 spiro atoms. The Balaban J connectivity index is 1.52. The maximum Gasteiger partial charge on any atom is 0.263 e. The number of aryl methyl sites for hydroxylation is 1. The molecule has 0 saturated heterocycles. The summed E-state index contributed by atoms with van der Waals surface area (Å²) in [5.41, 5.74) is 1.93. The summed E-state index contributed by atoms with van der Waals surface area (Å²) in [5, 5.41) is 3.09. The molecule has 0 aliphatic carbocycles. The largest absolute Gasteiger partial charge is 0.310 e. The summed E-state index contributed by atoms with van der Waals surface area (Å²) < 4.78 is 15.5. The second-order valence-electron chi connectivity index (χ2n) is 7.09. The van der Waals surface area contributed by atoms with Gasteiger partial charge in [0.25, 0.3) is 11.5 Å². The van der Waals surface area contributed by atoms with Gasteiger partial charge in [0.1, 0.15) is 11.4 Å². The molecule has 2 aromatic carbocycles. The van der Waals surface area contributed by atoms with Crippen molar-refractivity contribution in [1.29, 1.82) is 0 Å². The molecule has 156 valence electrons. The number of rotatable bonds is 6. The van der Waals surface area contributed by atoms with E-state index in [1.165, 1.54) is 28.0 Å². The second-order valence-corrected chi connectivity index (χ2v) is 8.17. The first-order valence-electron chi connectivity index (χ1n) is 9.75. The molecule has 4 rings (SSSR count). The lowest BCUT2D eigenvalue weighted by Crippen LogP contribution is -2.29. The number of halogens is 1. The maximum atomic E-state index is 14.0. The quantitative estimate of drug-likeness (QED) is 0.482. The average molecular weight is 434 g/mol. The van der Waals surface area contributed by atoms with E-state index in [2.05, 4.69) is 10.3 Å². The second kappa shape index (κ2) is 9.06. The summed E-state index contributed by atoms with van der Waals surface area (Å²) in [5.74, 6) is -0.789. The van der Waals surface area contributed by atoms with Crippen LogP contribution in [0.1, 0.15) is 32.1 Å². The van der Waals surface area contributed by atoms with Crippen LogP contribution in [0.3, 0.4) is 0 Å². The fraction of sp³-hybridized carbons (Fsp3) is 0.125. The van der Waals surface area contributed by atoms with Crippen LogP contribution in [0.5, 0.6) is 0 Å². The standard InChI is InChI=1S/C24H20FN3O2S/c1-16-21(14-18-10-5-6-12-20(18)25)31-24(26-16)27-22(29)19-11-7-13-28(23(19)30)15-17-8-3-2-4-9-17/h2-13H,14-15H2,1H3,(H,26,27,29). The Morgan fingerprint density at radius 2 is 1.81 bits per heavy atom. The van der Waals surface area contributed by atoms with Gasteiger partial charge in [0.15, 0.2) is 5.13 Å². The lowest BCUT2D eigenvalue weighted by molar-refractivity contribution is 0.102. The fourth-order valence-corrected chi connectivity index (χ4v) is 4.22. The van der Waals surface area contributed by atoms with Crippen LogP contribution in [0.25, 0.3) is 0 Å². The topological polar surface area (TPSA) is 64.0 Å². The fourth-order valence-electron chi connectivity index (χ4n) is 3.24. The van der Waals surface area contributed by atoms with E-state index in [4.69, 9.17) is 0 Å². The van der Waals surface area contributed by atoms with Crippen LogP contribution in [0.15, 0.2) is 77.7 Å². The van der Waals surface area contributed by atoms with Crippen molar-refractivity contribution in [1.82, 2.24) is 9.55 Å². The van der Waals surface area contributed by atoms with Crippen molar-refractivity contribution in [2.24, 2.45) is 0 Å². The lowest BCUT2D eigenvalue weighted by Gasteiger charge is -2.08. The molecule has 1 amide bonds. The molecular formula is C24H20FN3O2S. The predicted octanol–water partition coefficient (Wildman–Crippen LogP) is 4.64. The third-order valence-electron chi connectivity index (χ3n) is 4.88. The van der Waals surface area contributed by atoms with Crippen LogP contribution in [-0.4, -0.2) is 15.5 Å². The van der Waals surface area contributed by atoms with Crippen molar-refractivity contribution in [2.45, 2.75) is 19.9 Å². The van der Waals surface area contributed by atoms with E-state index in [1.54, 1.807) is 30.5 Å². The number of carbonyl (C=O) groups is 1. The molecular weight excluding hydrogens is 413 g/mol. The molecule has 0 bridgehead atoms. The van der Waals surface area contributed by atoms with Gasteiger partial charge in [-0.25, -0.2) is 9.37 Å². The number of anilines is 1. The van der Waals surface area contributed by atoms with Crippen molar-refractivity contribution in [3.05, 3.63) is 116 Å². The Bertz CT molecular complexity index is 1280. The number of thiazole rings is 1. The van der Waals surface area contributed by atoms with E-state index < -0.39 is 5.91 Å². The van der Waals surface area contributed by atoms with Crippen LogP contribution in [0.2, 0.25) is 0 Å². The first-order chi connectivity index (χ1) is 15.0. The van der Waals surface area contributed by atoms with Gasteiger partial charge in [-0.05, 0) is 36.2 Å². The summed E-state index contributed by atoms with van der Waals surface area (Å²) >= 11 is 1.28. The molecule has 0 saturated carbocycles. The molecule has 31 heavy (non-hydrogen) atoms. The summed E-state index contributed by atoms with van der Waals surface area (Å²) in [6, 6.07) is 19.3. The monoisotopic (exact) mass is 433 g/mol. The van der Waals surface area contributed by atoms with Gasteiger partial charge in [0.2, 0.25) is 0 Å². The van der Waals surface area contributed by atoms with Crippen molar-refractivity contribution in [3.8, 4) is 0 Å². The lowest BCUT2D eigenvalue weighted by atomic mass is 10.1. The molecule has 0 radical (unpaired) electrons. The number of nitrogens with one attached hydrogen (secondary N) is 1. The third kappa shape index (κ3) is 4.78. The van der Waals surface area contributed by atoms with Gasteiger partial charge in [0.05, 0.1) is 12.2 Å². The van der Waals surface area contributed by atoms with Crippen LogP contribution in [-0.2, 0) is 13.0 Å². The normalized spacial score (nSPS) is 10.8. The maximum absolute atomic E-state index is 14.0. The molecule has 4 aromatic rings. The smallest absolute Gasteiger partial charge is 0.263 e. The Morgan fingerprint density at radius 3 is 2.58 bits per heavy atom. The van der Waals surface area contributed by atoms with Gasteiger partial charge in [-0.15, -0.1) is 11.3 Å². The molecule has 0 atom stereocenters. The average Bonchev–Trinajstić information content (AvgIpc) is 3.10. The van der Waals surface area contributed by atoms with Gasteiger partial charge in [-0.1, -0.05) is 48.5 Å². The zero-order chi connectivity index (χ0) is 21.8. The molecule has 1 N–H and O–H groups in total. The zero-order valence-corrected chi connectivity index (χ0v) is 17.7. The molecule has 0 aliphatic rings. The predicted molar refractivity (Wildman–Crippen MR) is 120 cm³/mol. The third-order valence-corrected chi connectivity index (χ3v) is 5.96. The highest BCUT2D eigenvalue weighted by molar-refractivity contribution is 7.15. The van der Waals surface area contributed by atoms with Gasteiger partial charge in [0, 0.05) is 17.5 Å². The summed E-state index contributed by atoms with van der Waals surface area (Å²) in [6.45, 7) is 2.20. The Labute approximate surface area is 182 Å². The SMILES string of the molecule is Cc1nc(NC(=O)c2cccn(Cc3ccccc3)c2=O)sc1Cc1ccccc1F. The molecule has 0 unspecified atom stereocenters. The van der Waals surface area contributed by atoms with Gasteiger partial charge >= 0.3 is 0 Å². The molecule has 0 fully saturated rings. The number of benzene rings is 2. The number of hydrogen-bond donors (Lipinski definition) is 1. The van der Waals surface area contributed by atoms with Gasteiger partial charge in [-0.3, -0.25) is 14.9 Å². The number of nitrogens with zero attached hydrogens (tertiary/aromatic N) is 2. The highest BCUT2D eigenvalue weighted by Gasteiger charge is 2.16. The van der Waals surface area contributed by atoms with Gasteiger partial charge in [-0.2, -0.15) is 0 Å². The van der Waals surface area contributed by atoms with Crippen LogP contribution in [0, 0.1) is 12.7 Å². The summed E-state index contributed by atoms with van der Waals surface area (Å²) in [6.07, 6.45) is 2.05. The Kier molecular flexibility index (Phi) is 6.04. The highest BCUT2D eigenvalue weighted by atomic mass is 32.1. The molecule has 2 heterocycles. The van der Waals surface area contributed by atoms with Crippen molar-refractivity contribution >= 4 is 22.4 Å². The van der Waals surface area contributed by atoms with E-state index >= 15 is 0 Å². The minimum atomic E-state index is -0.515. The number of carbonyl (C=O) groups excluding carboxylic acids is 1. The Morgan fingerprint density at radius 1 is 1.06 bits per heavy atom. The van der Waals surface area contributed by atoms with E-state index in [9.17, 15) is 14.0 Å². The van der Waals surface area contributed by atoms with Crippen molar-refractivity contribution < 1.29 is 9.18 Å². The summed E-state index contributed by atoms with van der Waals surface area (Å²) in [4.78, 5) is 30.8. The molecule has 0 aliphatic heterocycles. The van der Waals surface area contributed by atoms with E-state index in [0.717, 1.165) is 16.1 Å². The molecule has 2 aromatic heterocycles. The van der Waals surface area contributed by atoms with Crippen LogP contribution < -0.4 is 10.9 Å². The van der Waals surface area contributed by atoms with E-state index in [-0.39, 0.29) is 16.9 Å². The van der Waals surface area contributed by atoms with Gasteiger partial charge < -0.3 is 4.57 Å². The minimum absolute atomic E-state index is 0.0435. The minimum Gasteiger partial charge on any atom is -0.310 e.